The second-order valence-electron chi connectivity index (χ2n) is 6.41. The lowest BCUT2D eigenvalue weighted by Gasteiger charge is -2.32. The van der Waals surface area contributed by atoms with E-state index in [2.05, 4.69) is 5.32 Å². The van der Waals surface area contributed by atoms with Crippen LogP contribution in [-0.2, 0) is 15.9 Å². The first-order chi connectivity index (χ1) is 10.6. The number of methoxy groups -OCH3 is 1. The van der Waals surface area contributed by atoms with Crippen molar-refractivity contribution in [3.05, 3.63) is 23.5 Å². The fourth-order valence-electron chi connectivity index (χ4n) is 2.29. The molecule has 1 saturated heterocycles. The number of halogens is 1. The summed E-state index contributed by atoms with van der Waals surface area (Å²) in [6.45, 7) is 7.47. The third-order valence-corrected chi connectivity index (χ3v) is 4.35. The first-order valence-electron chi connectivity index (χ1n) is 7.27. The van der Waals surface area contributed by atoms with Crippen LogP contribution in [0.15, 0.2) is 12.1 Å². The summed E-state index contributed by atoms with van der Waals surface area (Å²) in [5, 5.41) is 10.9. The Balaban J connectivity index is 2.33. The largest absolute Gasteiger partial charge is 0.497 e. The average Bonchev–Trinajstić information content (AvgIpc) is 2.64. The molecule has 1 aromatic carbocycles. The summed E-state index contributed by atoms with van der Waals surface area (Å²) in [5.74, 6) is -0.637. The predicted molar refractivity (Wildman–Crippen MR) is 83.5 cm³/mol. The van der Waals surface area contributed by atoms with Crippen LogP contribution in [0, 0.1) is 5.82 Å². The molecule has 2 N–H and O–H groups in total. The van der Waals surface area contributed by atoms with Crippen molar-refractivity contribution in [3.8, 4) is 5.75 Å². The molecule has 1 heterocycles. The number of ether oxygens (including phenoxy) is 1. The van der Waals surface area contributed by atoms with Gasteiger partial charge in [0, 0.05) is 17.6 Å². The van der Waals surface area contributed by atoms with Crippen molar-refractivity contribution in [2.45, 2.75) is 45.4 Å². The van der Waals surface area contributed by atoms with E-state index < -0.39 is 30.2 Å². The molecule has 1 amide bonds. The molecule has 0 bridgehead atoms. The number of amides is 1. The van der Waals surface area contributed by atoms with Crippen LogP contribution >= 0.6 is 0 Å². The number of carboxylic acid groups (broad SMARTS) is 1. The molecule has 23 heavy (non-hydrogen) atoms. The Morgan fingerprint density at radius 3 is 2.35 bits per heavy atom. The lowest BCUT2D eigenvalue weighted by Crippen LogP contribution is -2.41. The van der Waals surface area contributed by atoms with Gasteiger partial charge in [0.15, 0.2) is 11.6 Å². The molecule has 126 valence electrons. The summed E-state index contributed by atoms with van der Waals surface area (Å²) < 4.78 is 31.5. The fourth-order valence-corrected chi connectivity index (χ4v) is 2.29. The van der Waals surface area contributed by atoms with Crippen LogP contribution in [0.5, 0.6) is 5.75 Å². The van der Waals surface area contributed by atoms with Crippen LogP contribution in [0.1, 0.15) is 33.3 Å². The fraction of sp³-hybridized carbons (Fsp3) is 0.533. The Morgan fingerprint density at radius 1 is 1.30 bits per heavy atom. The van der Waals surface area contributed by atoms with E-state index in [1.165, 1.54) is 13.2 Å². The van der Waals surface area contributed by atoms with Gasteiger partial charge in [-0.1, -0.05) is 12.1 Å². The molecule has 1 fully saturated rings. The monoisotopic (exact) mass is 325 g/mol. The van der Waals surface area contributed by atoms with Gasteiger partial charge in [0.05, 0.1) is 18.3 Å². The second kappa shape index (κ2) is 6.01. The van der Waals surface area contributed by atoms with Gasteiger partial charge in [0.2, 0.25) is 0 Å². The maximum absolute atomic E-state index is 14.8. The number of nitrogens with one attached hydrogen (secondary N) is 1. The zero-order valence-corrected chi connectivity index (χ0v) is 13.9. The summed E-state index contributed by atoms with van der Waals surface area (Å²) in [6, 6.07) is 3.12. The van der Waals surface area contributed by atoms with Crippen LogP contribution in [0.25, 0.3) is 0 Å². The minimum absolute atomic E-state index is 0.0223. The Hall–Kier alpha value is -1.80. The molecular weight excluding hydrogens is 304 g/mol. The highest BCUT2D eigenvalue weighted by atomic mass is 19.1. The molecule has 1 aliphatic rings. The van der Waals surface area contributed by atoms with Gasteiger partial charge < -0.3 is 24.5 Å². The van der Waals surface area contributed by atoms with E-state index >= 15 is 0 Å². The molecule has 1 aliphatic heterocycles. The van der Waals surface area contributed by atoms with E-state index in [-0.39, 0.29) is 17.8 Å². The third kappa shape index (κ3) is 3.28. The van der Waals surface area contributed by atoms with Crippen LogP contribution in [-0.4, -0.2) is 36.6 Å². The number of benzene rings is 1. The molecule has 6 nitrogen and oxygen atoms in total. The highest BCUT2D eigenvalue weighted by Gasteiger charge is 2.52. The van der Waals surface area contributed by atoms with Gasteiger partial charge >= 0.3 is 13.2 Å². The molecule has 0 aliphatic carbocycles. The maximum atomic E-state index is 14.8. The van der Waals surface area contributed by atoms with Gasteiger partial charge in [-0.2, -0.15) is 0 Å². The number of rotatable bonds is 4. The lowest BCUT2D eigenvalue weighted by atomic mass is 9.78. The highest BCUT2D eigenvalue weighted by Crippen LogP contribution is 2.37. The quantitative estimate of drug-likeness (QED) is 0.827. The molecular formula is C15H21BFNO5. The zero-order valence-electron chi connectivity index (χ0n) is 13.9. The Bertz CT molecular complexity index is 604. The minimum Gasteiger partial charge on any atom is -0.493 e. The minimum atomic E-state index is -1.19. The Kier molecular flexibility index (Phi) is 4.59. The van der Waals surface area contributed by atoms with Gasteiger partial charge in [-0.3, -0.25) is 0 Å². The van der Waals surface area contributed by atoms with Crippen molar-refractivity contribution < 1.29 is 28.3 Å². The van der Waals surface area contributed by atoms with Crippen LogP contribution in [0.2, 0.25) is 0 Å². The smallest absolute Gasteiger partial charge is 0.493 e. The third-order valence-electron chi connectivity index (χ3n) is 4.35. The molecule has 0 atom stereocenters. The standard InChI is InChI=1S/C15H21BFNO5/c1-14(2)15(3,4)23-16(22-14)10-7-6-9(8-18-13(19)20)12(21-5)11(10)17/h6-7,18H,8H2,1-5H3,(H,19,20). The molecule has 1 aromatic rings. The first-order valence-corrected chi connectivity index (χ1v) is 7.27. The molecule has 0 saturated carbocycles. The van der Waals surface area contributed by atoms with Gasteiger partial charge in [0.1, 0.15) is 0 Å². The van der Waals surface area contributed by atoms with Gasteiger partial charge in [0.25, 0.3) is 0 Å². The van der Waals surface area contributed by atoms with E-state index in [0.29, 0.717) is 5.56 Å². The zero-order chi connectivity index (χ0) is 17.4. The normalized spacial score (nSPS) is 18.8. The molecule has 0 spiro atoms. The summed E-state index contributed by atoms with van der Waals surface area (Å²) in [7, 11) is 0.479. The Labute approximate surface area is 135 Å². The predicted octanol–water partition coefficient (Wildman–Crippen LogP) is 1.90. The van der Waals surface area contributed by atoms with Crippen molar-refractivity contribution in [1.29, 1.82) is 0 Å². The summed E-state index contributed by atoms with van der Waals surface area (Å²) in [4.78, 5) is 10.6. The lowest BCUT2D eigenvalue weighted by molar-refractivity contribution is 0.00578. The average molecular weight is 325 g/mol. The number of hydrogen-bond donors (Lipinski definition) is 2. The van der Waals surface area contributed by atoms with E-state index in [0.717, 1.165) is 0 Å². The van der Waals surface area contributed by atoms with E-state index in [1.54, 1.807) is 6.07 Å². The summed E-state index contributed by atoms with van der Waals surface area (Å²) in [6.07, 6.45) is -1.19. The number of carbonyl (C=O) groups is 1. The van der Waals surface area contributed by atoms with Crippen molar-refractivity contribution in [1.82, 2.24) is 5.32 Å². The van der Waals surface area contributed by atoms with Gasteiger partial charge in [-0.25, -0.2) is 9.18 Å². The molecule has 0 aromatic heterocycles. The molecule has 0 unspecified atom stereocenters. The van der Waals surface area contributed by atoms with Crippen molar-refractivity contribution in [3.63, 3.8) is 0 Å². The second-order valence-corrected chi connectivity index (χ2v) is 6.41. The molecule has 0 radical (unpaired) electrons. The van der Waals surface area contributed by atoms with E-state index in [9.17, 15) is 9.18 Å². The SMILES string of the molecule is COc1c(CNC(=O)O)ccc(B2OC(C)(C)C(C)(C)O2)c1F. The number of hydrogen-bond acceptors (Lipinski definition) is 4. The van der Waals surface area contributed by atoms with Crippen LogP contribution < -0.4 is 15.5 Å². The van der Waals surface area contributed by atoms with Crippen molar-refractivity contribution in [2.24, 2.45) is 0 Å². The summed E-state index contributed by atoms with van der Waals surface area (Å²) >= 11 is 0. The Morgan fingerprint density at radius 2 is 1.87 bits per heavy atom. The van der Waals surface area contributed by atoms with Crippen molar-refractivity contribution in [2.75, 3.05) is 7.11 Å². The first kappa shape index (κ1) is 17.6. The molecule has 2 rings (SSSR count). The summed E-state index contributed by atoms with van der Waals surface area (Å²) in [5.41, 5.74) is -0.547. The van der Waals surface area contributed by atoms with Gasteiger partial charge in [-0.15, -0.1) is 0 Å². The van der Waals surface area contributed by atoms with Crippen LogP contribution in [0.4, 0.5) is 9.18 Å². The maximum Gasteiger partial charge on any atom is 0.497 e. The van der Waals surface area contributed by atoms with Crippen molar-refractivity contribution >= 4 is 18.7 Å². The topological polar surface area (TPSA) is 77.0 Å². The van der Waals surface area contributed by atoms with E-state index in [1.807, 2.05) is 27.7 Å². The molecule has 8 heteroatoms. The van der Waals surface area contributed by atoms with E-state index in [4.69, 9.17) is 19.2 Å². The van der Waals surface area contributed by atoms with Gasteiger partial charge in [-0.05, 0) is 27.7 Å². The highest BCUT2D eigenvalue weighted by molar-refractivity contribution is 6.62. The van der Waals surface area contributed by atoms with Crippen LogP contribution in [0.3, 0.4) is 0 Å².